The summed E-state index contributed by atoms with van der Waals surface area (Å²) < 4.78 is 0. The molecule has 1 N–H and O–H groups in total. The molecule has 86 valence electrons. The molecule has 0 heterocycles. The van der Waals surface area contributed by atoms with E-state index in [1.165, 1.54) is 24.8 Å². The van der Waals surface area contributed by atoms with E-state index in [9.17, 15) is 0 Å². The molecule has 1 rings (SSSR count). The molecular weight excluding hydrogens is 194 g/mol. The fraction of sp³-hybridized carbons (Fsp3) is 0.467. The van der Waals surface area contributed by atoms with Gasteiger partial charge in [-0.15, -0.1) is 11.8 Å². The first-order valence-corrected chi connectivity index (χ1v) is 6.00. The highest BCUT2D eigenvalue weighted by molar-refractivity contribution is 5.18. The Balaban J connectivity index is 2.34. The van der Waals surface area contributed by atoms with Gasteiger partial charge in [-0.25, -0.2) is 0 Å². The van der Waals surface area contributed by atoms with Gasteiger partial charge in [-0.3, -0.25) is 0 Å². The largest absolute Gasteiger partial charge is 0.313 e. The van der Waals surface area contributed by atoms with Crippen LogP contribution in [0, 0.1) is 11.8 Å². The third-order valence-electron chi connectivity index (χ3n) is 2.77. The Morgan fingerprint density at radius 1 is 1.19 bits per heavy atom. The van der Waals surface area contributed by atoms with Crippen molar-refractivity contribution in [3.05, 3.63) is 35.9 Å². The monoisotopic (exact) mass is 215 g/mol. The third kappa shape index (κ3) is 4.51. The average Bonchev–Trinajstić information content (AvgIpc) is 2.35. The molecule has 1 atom stereocenters. The van der Waals surface area contributed by atoms with Gasteiger partial charge in [-0.2, -0.15) is 0 Å². The van der Waals surface area contributed by atoms with E-state index in [2.05, 4.69) is 47.5 Å². The minimum absolute atomic E-state index is 0.482. The number of hydrogen-bond donors (Lipinski definition) is 1. The molecular formula is C15H21N. The molecule has 0 saturated carbocycles. The molecule has 0 amide bonds. The number of hydrogen-bond acceptors (Lipinski definition) is 1. The highest BCUT2D eigenvalue weighted by atomic mass is 14.9. The molecule has 0 fully saturated rings. The van der Waals surface area contributed by atoms with Crippen LogP contribution in [0.2, 0.25) is 0 Å². The van der Waals surface area contributed by atoms with Gasteiger partial charge in [-0.1, -0.05) is 36.8 Å². The van der Waals surface area contributed by atoms with Gasteiger partial charge in [0, 0.05) is 12.5 Å². The van der Waals surface area contributed by atoms with Crippen LogP contribution in [0.4, 0.5) is 0 Å². The Labute approximate surface area is 99.3 Å². The predicted octanol–water partition coefficient (Wildman–Crippen LogP) is 3.53. The third-order valence-corrected chi connectivity index (χ3v) is 2.77. The SMILES string of the molecule is CC#CCCCCC(NC)c1ccccc1. The molecule has 0 radical (unpaired) electrons. The molecule has 1 aromatic carbocycles. The van der Waals surface area contributed by atoms with E-state index in [1.807, 2.05) is 14.0 Å². The summed E-state index contributed by atoms with van der Waals surface area (Å²) in [5.74, 6) is 6.05. The molecule has 0 aliphatic carbocycles. The van der Waals surface area contributed by atoms with Crippen LogP contribution in [0.15, 0.2) is 30.3 Å². The van der Waals surface area contributed by atoms with Gasteiger partial charge in [-0.05, 0) is 32.4 Å². The lowest BCUT2D eigenvalue weighted by Crippen LogP contribution is -2.16. The maximum atomic E-state index is 3.37. The van der Waals surface area contributed by atoms with Crippen molar-refractivity contribution < 1.29 is 0 Å². The van der Waals surface area contributed by atoms with Gasteiger partial charge in [0.15, 0.2) is 0 Å². The maximum Gasteiger partial charge on any atom is 0.0317 e. The van der Waals surface area contributed by atoms with E-state index in [1.54, 1.807) is 0 Å². The minimum atomic E-state index is 0.482. The van der Waals surface area contributed by atoms with Crippen LogP contribution in [-0.4, -0.2) is 7.05 Å². The molecule has 1 nitrogen and oxygen atoms in total. The second-order valence-corrected chi connectivity index (χ2v) is 3.92. The normalized spacial score (nSPS) is 11.6. The average molecular weight is 215 g/mol. The first-order valence-electron chi connectivity index (χ1n) is 6.00. The van der Waals surface area contributed by atoms with Crippen LogP contribution < -0.4 is 5.32 Å². The van der Waals surface area contributed by atoms with E-state index in [4.69, 9.17) is 0 Å². The Kier molecular flexibility index (Phi) is 6.37. The van der Waals surface area contributed by atoms with Crippen molar-refractivity contribution in [2.24, 2.45) is 0 Å². The van der Waals surface area contributed by atoms with Gasteiger partial charge in [0.25, 0.3) is 0 Å². The summed E-state index contributed by atoms with van der Waals surface area (Å²) in [5, 5.41) is 3.37. The van der Waals surface area contributed by atoms with Crippen molar-refractivity contribution in [3.8, 4) is 11.8 Å². The van der Waals surface area contributed by atoms with Gasteiger partial charge < -0.3 is 5.32 Å². The summed E-state index contributed by atoms with van der Waals surface area (Å²) in [4.78, 5) is 0. The molecule has 0 aromatic heterocycles. The van der Waals surface area contributed by atoms with Crippen LogP contribution in [0.1, 0.15) is 44.2 Å². The van der Waals surface area contributed by atoms with Crippen LogP contribution in [-0.2, 0) is 0 Å². The molecule has 0 aliphatic rings. The van der Waals surface area contributed by atoms with E-state index in [0.29, 0.717) is 6.04 Å². The number of rotatable bonds is 6. The smallest absolute Gasteiger partial charge is 0.0317 e. The van der Waals surface area contributed by atoms with Crippen molar-refractivity contribution in [1.29, 1.82) is 0 Å². The number of unbranched alkanes of at least 4 members (excludes halogenated alkanes) is 2. The zero-order valence-electron chi connectivity index (χ0n) is 10.3. The molecule has 1 aromatic rings. The fourth-order valence-electron chi connectivity index (χ4n) is 1.85. The topological polar surface area (TPSA) is 12.0 Å². The van der Waals surface area contributed by atoms with Crippen molar-refractivity contribution >= 4 is 0 Å². The lowest BCUT2D eigenvalue weighted by atomic mass is 10.0. The second-order valence-electron chi connectivity index (χ2n) is 3.92. The molecule has 0 bridgehead atoms. The molecule has 0 aliphatic heterocycles. The van der Waals surface area contributed by atoms with E-state index >= 15 is 0 Å². The van der Waals surface area contributed by atoms with Crippen LogP contribution in [0.25, 0.3) is 0 Å². The fourth-order valence-corrected chi connectivity index (χ4v) is 1.85. The van der Waals surface area contributed by atoms with Gasteiger partial charge in [0.2, 0.25) is 0 Å². The predicted molar refractivity (Wildman–Crippen MR) is 70.2 cm³/mol. The Bertz CT molecular complexity index is 331. The first-order chi connectivity index (χ1) is 7.88. The van der Waals surface area contributed by atoms with Crippen molar-refractivity contribution in [3.63, 3.8) is 0 Å². The summed E-state index contributed by atoms with van der Waals surface area (Å²) in [6.45, 7) is 1.90. The summed E-state index contributed by atoms with van der Waals surface area (Å²) >= 11 is 0. The standard InChI is InChI=1S/C15H21N/c1-3-4-5-6-10-13-15(16-2)14-11-8-7-9-12-14/h7-9,11-12,15-16H,5-6,10,13H2,1-2H3. The molecule has 1 heteroatoms. The van der Waals surface area contributed by atoms with Crippen LogP contribution in [0.3, 0.4) is 0 Å². The maximum absolute atomic E-state index is 3.37. The van der Waals surface area contributed by atoms with Gasteiger partial charge in [0.1, 0.15) is 0 Å². The molecule has 1 unspecified atom stereocenters. The quantitative estimate of drug-likeness (QED) is 0.565. The lowest BCUT2D eigenvalue weighted by molar-refractivity contribution is 0.517. The zero-order valence-corrected chi connectivity index (χ0v) is 10.3. The molecule has 0 saturated heterocycles. The van der Waals surface area contributed by atoms with E-state index < -0.39 is 0 Å². The van der Waals surface area contributed by atoms with Crippen LogP contribution in [0.5, 0.6) is 0 Å². The Morgan fingerprint density at radius 2 is 1.94 bits per heavy atom. The molecule has 16 heavy (non-hydrogen) atoms. The minimum Gasteiger partial charge on any atom is -0.313 e. The summed E-state index contributed by atoms with van der Waals surface area (Å²) in [6.07, 6.45) is 4.65. The lowest BCUT2D eigenvalue weighted by Gasteiger charge is -2.16. The second kappa shape index (κ2) is 7.96. The number of benzene rings is 1. The highest BCUT2D eigenvalue weighted by Crippen LogP contribution is 2.18. The first kappa shape index (κ1) is 12.8. The Hall–Kier alpha value is -1.26. The number of nitrogens with one attached hydrogen (secondary N) is 1. The molecule has 0 spiro atoms. The zero-order chi connectivity index (χ0) is 11.6. The van der Waals surface area contributed by atoms with Crippen LogP contribution >= 0.6 is 0 Å². The summed E-state index contributed by atoms with van der Waals surface area (Å²) in [5.41, 5.74) is 1.38. The Morgan fingerprint density at radius 3 is 2.56 bits per heavy atom. The van der Waals surface area contributed by atoms with E-state index in [-0.39, 0.29) is 0 Å². The van der Waals surface area contributed by atoms with E-state index in [0.717, 1.165) is 6.42 Å². The van der Waals surface area contributed by atoms with Crippen molar-refractivity contribution in [1.82, 2.24) is 5.32 Å². The highest BCUT2D eigenvalue weighted by Gasteiger charge is 2.07. The summed E-state index contributed by atoms with van der Waals surface area (Å²) in [7, 11) is 2.03. The van der Waals surface area contributed by atoms with Gasteiger partial charge >= 0.3 is 0 Å². The summed E-state index contributed by atoms with van der Waals surface area (Å²) in [6, 6.07) is 11.1. The van der Waals surface area contributed by atoms with Gasteiger partial charge in [0.05, 0.1) is 0 Å². The van der Waals surface area contributed by atoms with Crippen molar-refractivity contribution in [2.75, 3.05) is 7.05 Å². The van der Waals surface area contributed by atoms with Crippen molar-refractivity contribution in [2.45, 2.75) is 38.6 Å².